The molecule has 0 aliphatic heterocycles. The summed E-state index contributed by atoms with van der Waals surface area (Å²) >= 11 is 0. The van der Waals surface area contributed by atoms with E-state index in [2.05, 4.69) is 27.3 Å². The van der Waals surface area contributed by atoms with Gasteiger partial charge in [-0.15, -0.1) is 0 Å². The van der Waals surface area contributed by atoms with E-state index in [0.717, 1.165) is 0 Å². The van der Waals surface area contributed by atoms with Gasteiger partial charge in [-0.2, -0.15) is 0 Å². The summed E-state index contributed by atoms with van der Waals surface area (Å²) in [5.41, 5.74) is 0. The van der Waals surface area contributed by atoms with E-state index in [0.29, 0.717) is 0 Å². The number of hydrogen-bond acceptors (Lipinski definition) is 0. The van der Waals surface area contributed by atoms with E-state index in [1.807, 2.05) is 0 Å². The molecule has 0 rings (SSSR count). The summed E-state index contributed by atoms with van der Waals surface area (Å²) in [6, 6.07) is 4.38. The molecule has 0 saturated carbocycles. The lowest BCUT2D eigenvalue weighted by molar-refractivity contribution is 1.18. The highest BCUT2D eigenvalue weighted by Crippen LogP contribution is 2.18. The maximum Gasteiger partial charge on any atom is 0.0496 e. The van der Waals surface area contributed by atoms with Gasteiger partial charge < -0.3 is 0 Å². The van der Waals surface area contributed by atoms with Crippen molar-refractivity contribution in [3.8, 4) is 0 Å². The van der Waals surface area contributed by atoms with Crippen LogP contribution in [-0.4, -0.2) is 8.07 Å². The van der Waals surface area contributed by atoms with Crippen molar-refractivity contribution in [1.29, 1.82) is 0 Å². The van der Waals surface area contributed by atoms with Gasteiger partial charge in [0.2, 0.25) is 0 Å². The molecule has 0 saturated heterocycles. The molecule has 0 aromatic rings. The van der Waals surface area contributed by atoms with E-state index in [4.69, 9.17) is 0 Å². The molecule has 0 aromatic carbocycles. The van der Waals surface area contributed by atoms with E-state index in [-0.39, 0.29) is 14.9 Å². The minimum absolute atomic E-state index is 0. The molecule has 1 heteroatoms. The Morgan fingerprint density at radius 1 is 0.800 bits per heavy atom. The van der Waals surface area contributed by atoms with E-state index in [1.54, 1.807) is 0 Å². The monoisotopic (exact) mass is 162 g/mol. The van der Waals surface area contributed by atoms with Crippen molar-refractivity contribution in [1.82, 2.24) is 0 Å². The lowest BCUT2D eigenvalue weighted by atomic mass is 10.9. The standard InChI is InChI=1S/C7H18Si.2CH4/c1-5-8(4,6-2)7-3;;/h5-7H2,1-4H3;2*1H4. The normalized spacial score (nSPS) is 9.60. The Morgan fingerprint density at radius 3 is 1.00 bits per heavy atom. The van der Waals surface area contributed by atoms with Gasteiger partial charge >= 0.3 is 0 Å². The largest absolute Gasteiger partial charge is 0.0776 e. The molecule has 0 atom stereocenters. The second-order valence-electron chi connectivity index (χ2n) is 2.87. The quantitative estimate of drug-likeness (QED) is 0.540. The van der Waals surface area contributed by atoms with E-state index in [1.165, 1.54) is 18.1 Å². The Bertz CT molecular complexity index is 47.5. The van der Waals surface area contributed by atoms with Crippen LogP contribution >= 0.6 is 0 Å². The van der Waals surface area contributed by atoms with Gasteiger partial charge in [0.05, 0.1) is 0 Å². The molecule has 0 N–H and O–H groups in total. The first-order valence-electron chi connectivity index (χ1n) is 3.68. The van der Waals surface area contributed by atoms with Gasteiger partial charge in [-0.3, -0.25) is 0 Å². The van der Waals surface area contributed by atoms with Gasteiger partial charge in [0.15, 0.2) is 0 Å². The van der Waals surface area contributed by atoms with Gasteiger partial charge in [-0.05, 0) is 0 Å². The number of hydrogen-bond donors (Lipinski definition) is 0. The minimum Gasteiger partial charge on any atom is -0.0776 e. The predicted molar refractivity (Wildman–Crippen MR) is 56.5 cm³/mol. The molecule has 0 aliphatic carbocycles. The van der Waals surface area contributed by atoms with Crippen molar-refractivity contribution < 1.29 is 0 Å². The van der Waals surface area contributed by atoms with Gasteiger partial charge in [0.25, 0.3) is 0 Å². The summed E-state index contributed by atoms with van der Waals surface area (Å²) < 4.78 is 0. The second-order valence-corrected chi connectivity index (χ2v) is 8.61. The van der Waals surface area contributed by atoms with Crippen LogP contribution in [0.1, 0.15) is 35.6 Å². The third kappa shape index (κ3) is 5.04. The van der Waals surface area contributed by atoms with Crippen molar-refractivity contribution >= 4 is 8.07 Å². The van der Waals surface area contributed by atoms with Crippen LogP contribution in [0.15, 0.2) is 0 Å². The van der Waals surface area contributed by atoms with Crippen LogP contribution in [-0.2, 0) is 0 Å². The van der Waals surface area contributed by atoms with Crippen LogP contribution in [0, 0.1) is 0 Å². The fourth-order valence-electron chi connectivity index (χ4n) is 0.750. The average Bonchev–Trinajstić information content (AvgIpc) is 1.87. The summed E-state index contributed by atoms with van der Waals surface area (Å²) in [6.07, 6.45) is 0. The van der Waals surface area contributed by atoms with Crippen LogP contribution in [0.25, 0.3) is 0 Å². The molecule has 0 spiro atoms. The van der Waals surface area contributed by atoms with E-state index < -0.39 is 8.07 Å². The van der Waals surface area contributed by atoms with Crippen LogP contribution in [0.5, 0.6) is 0 Å². The maximum absolute atomic E-state index is 2.49. The Kier molecular flexibility index (Phi) is 12.2. The molecule has 0 unspecified atom stereocenters. The average molecular weight is 162 g/mol. The Balaban J connectivity index is -0.000000245. The van der Waals surface area contributed by atoms with Crippen molar-refractivity contribution in [2.45, 2.75) is 60.3 Å². The molecule has 66 valence electrons. The van der Waals surface area contributed by atoms with Crippen molar-refractivity contribution in [2.75, 3.05) is 0 Å². The summed E-state index contributed by atoms with van der Waals surface area (Å²) in [6.45, 7) is 9.49. The highest BCUT2D eigenvalue weighted by Gasteiger charge is 2.18. The highest BCUT2D eigenvalue weighted by atomic mass is 28.3. The second kappa shape index (κ2) is 7.33. The molecule has 10 heavy (non-hydrogen) atoms. The molecule has 0 amide bonds. The molecule has 0 bridgehead atoms. The van der Waals surface area contributed by atoms with Gasteiger partial charge in [-0.1, -0.05) is 60.3 Å². The zero-order valence-electron chi connectivity index (χ0n) is 6.62. The van der Waals surface area contributed by atoms with Crippen molar-refractivity contribution in [3.63, 3.8) is 0 Å². The van der Waals surface area contributed by atoms with Crippen molar-refractivity contribution in [2.24, 2.45) is 0 Å². The molecule has 0 aliphatic rings. The fraction of sp³-hybridized carbons (Fsp3) is 1.00. The molecular formula is C9H26Si. The molecule has 0 nitrogen and oxygen atoms in total. The Labute approximate surface area is 69.1 Å². The van der Waals surface area contributed by atoms with Crippen LogP contribution in [0.3, 0.4) is 0 Å². The molecule has 0 radical (unpaired) electrons. The predicted octanol–water partition coefficient (Wildman–Crippen LogP) is 4.40. The van der Waals surface area contributed by atoms with E-state index >= 15 is 0 Å². The van der Waals surface area contributed by atoms with Gasteiger partial charge in [0, 0.05) is 8.07 Å². The first-order valence-corrected chi connectivity index (χ1v) is 6.80. The smallest absolute Gasteiger partial charge is 0.0496 e. The van der Waals surface area contributed by atoms with Gasteiger partial charge in [-0.25, -0.2) is 0 Å². The Morgan fingerprint density at radius 2 is 1.00 bits per heavy atom. The Hall–Kier alpha value is 0.217. The zero-order chi connectivity index (χ0) is 6.62. The lowest BCUT2D eigenvalue weighted by Crippen LogP contribution is -2.25. The van der Waals surface area contributed by atoms with Crippen LogP contribution in [0.2, 0.25) is 24.7 Å². The summed E-state index contributed by atoms with van der Waals surface area (Å²) in [4.78, 5) is 0. The molecule has 0 fully saturated rings. The number of rotatable bonds is 3. The molecule has 0 heterocycles. The maximum atomic E-state index is 2.49. The SMILES string of the molecule is C.C.CC[Si](C)(CC)CC. The van der Waals surface area contributed by atoms with Crippen LogP contribution < -0.4 is 0 Å². The summed E-state index contributed by atoms with van der Waals surface area (Å²) in [7, 11) is -0.671. The molecular weight excluding hydrogens is 136 g/mol. The molecule has 0 aromatic heterocycles. The third-order valence-corrected chi connectivity index (χ3v) is 7.68. The summed E-state index contributed by atoms with van der Waals surface area (Å²) in [5.74, 6) is 0. The first kappa shape index (κ1) is 16.7. The fourth-order valence-corrected chi connectivity index (χ4v) is 2.25. The topological polar surface area (TPSA) is 0 Å². The first-order chi connectivity index (χ1) is 3.68. The third-order valence-electron chi connectivity index (χ3n) is 2.56. The van der Waals surface area contributed by atoms with E-state index in [9.17, 15) is 0 Å². The minimum atomic E-state index is -0.671. The van der Waals surface area contributed by atoms with Gasteiger partial charge in [0.1, 0.15) is 0 Å². The zero-order valence-corrected chi connectivity index (χ0v) is 7.62. The van der Waals surface area contributed by atoms with Crippen molar-refractivity contribution in [3.05, 3.63) is 0 Å². The lowest BCUT2D eigenvalue weighted by Gasteiger charge is -2.20. The van der Waals surface area contributed by atoms with Crippen LogP contribution in [0.4, 0.5) is 0 Å². The highest BCUT2D eigenvalue weighted by molar-refractivity contribution is 6.78. The summed E-state index contributed by atoms with van der Waals surface area (Å²) in [5, 5.41) is 0.